The zero-order chi connectivity index (χ0) is 12.2. The molecule has 16 heavy (non-hydrogen) atoms. The van der Waals surface area contributed by atoms with Gasteiger partial charge in [0.1, 0.15) is 15.9 Å². The molecule has 0 saturated carbocycles. The maximum atomic E-state index is 10.9. The molecule has 0 unspecified atom stereocenters. The lowest BCUT2D eigenvalue weighted by Crippen LogP contribution is -2.14. The Kier molecular flexibility index (Phi) is 4.33. The van der Waals surface area contributed by atoms with E-state index in [9.17, 15) is 8.42 Å². The minimum absolute atomic E-state index is 0.0460. The summed E-state index contributed by atoms with van der Waals surface area (Å²) in [7, 11) is -2.98. The average Bonchev–Trinajstić information content (AvgIpc) is 2.16. The highest BCUT2D eigenvalue weighted by molar-refractivity contribution is 9.10. The number of benzene rings is 1. The van der Waals surface area contributed by atoms with E-state index in [-0.39, 0.29) is 5.75 Å². The number of nitriles is 1. The first kappa shape index (κ1) is 13.0. The summed E-state index contributed by atoms with van der Waals surface area (Å²) in [6, 6.07) is 7.23. The molecule has 0 fully saturated rings. The van der Waals surface area contributed by atoms with Crippen molar-refractivity contribution in [1.29, 1.82) is 5.26 Å². The topological polar surface area (TPSA) is 70.0 Å². The van der Waals surface area contributed by atoms with Crippen LogP contribution in [0.4, 0.5) is 5.69 Å². The zero-order valence-corrected chi connectivity index (χ0v) is 11.1. The summed E-state index contributed by atoms with van der Waals surface area (Å²) in [6.45, 7) is 0.296. The molecule has 0 atom stereocenters. The van der Waals surface area contributed by atoms with Crippen molar-refractivity contribution in [2.75, 3.05) is 23.9 Å². The van der Waals surface area contributed by atoms with Crippen LogP contribution in [0.2, 0.25) is 0 Å². The summed E-state index contributed by atoms with van der Waals surface area (Å²) in [4.78, 5) is 0. The van der Waals surface area contributed by atoms with Crippen LogP contribution in [0.5, 0.6) is 0 Å². The Balaban J connectivity index is 2.74. The van der Waals surface area contributed by atoms with Gasteiger partial charge in [-0.1, -0.05) is 15.9 Å². The number of rotatable bonds is 4. The van der Waals surface area contributed by atoms with Gasteiger partial charge in [-0.05, 0) is 18.2 Å². The first-order chi connectivity index (χ1) is 7.42. The van der Waals surface area contributed by atoms with Crippen molar-refractivity contribution in [2.45, 2.75) is 0 Å². The third-order valence-corrected chi connectivity index (χ3v) is 3.33. The molecule has 0 radical (unpaired) electrons. The number of nitrogens with one attached hydrogen (secondary N) is 1. The molecule has 0 aliphatic carbocycles. The number of sulfone groups is 1. The second-order valence-electron chi connectivity index (χ2n) is 3.36. The molecule has 1 aromatic rings. The van der Waals surface area contributed by atoms with E-state index in [2.05, 4.69) is 21.2 Å². The lowest BCUT2D eigenvalue weighted by molar-refractivity contribution is 0.602. The Bertz CT molecular complexity index is 520. The Morgan fingerprint density at radius 2 is 2.19 bits per heavy atom. The molecule has 0 aliphatic rings. The molecule has 1 N–H and O–H groups in total. The van der Waals surface area contributed by atoms with Gasteiger partial charge in [-0.2, -0.15) is 5.26 Å². The van der Waals surface area contributed by atoms with Crippen molar-refractivity contribution in [2.24, 2.45) is 0 Å². The van der Waals surface area contributed by atoms with Gasteiger partial charge in [-0.3, -0.25) is 0 Å². The molecule has 0 heterocycles. The molecule has 0 bridgehead atoms. The molecule has 6 heteroatoms. The summed E-state index contributed by atoms with van der Waals surface area (Å²) >= 11 is 3.29. The second kappa shape index (κ2) is 5.32. The van der Waals surface area contributed by atoms with Gasteiger partial charge in [0.25, 0.3) is 0 Å². The quantitative estimate of drug-likeness (QED) is 0.920. The van der Waals surface area contributed by atoms with Crippen LogP contribution in [0.1, 0.15) is 5.56 Å². The molecular weight excluding hydrogens is 292 g/mol. The minimum Gasteiger partial charge on any atom is -0.383 e. The van der Waals surface area contributed by atoms with E-state index in [1.165, 1.54) is 6.26 Å². The fourth-order valence-electron chi connectivity index (χ4n) is 1.13. The fraction of sp³-hybridized carbons (Fsp3) is 0.300. The Morgan fingerprint density at radius 3 is 2.75 bits per heavy atom. The van der Waals surface area contributed by atoms with E-state index >= 15 is 0 Å². The van der Waals surface area contributed by atoms with Crippen molar-refractivity contribution in [3.8, 4) is 6.07 Å². The van der Waals surface area contributed by atoms with Crippen molar-refractivity contribution in [3.63, 3.8) is 0 Å². The molecule has 0 aromatic heterocycles. The zero-order valence-electron chi connectivity index (χ0n) is 8.70. The van der Waals surface area contributed by atoms with Crippen LogP contribution in [0.15, 0.2) is 22.7 Å². The van der Waals surface area contributed by atoms with E-state index in [1.807, 2.05) is 6.07 Å². The molecule has 0 saturated heterocycles. The van der Waals surface area contributed by atoms with Crippen molar-refractivity contribution < 1.29 is 8.42 Å². The highest BCUT2D eigenvalue weighted by atomic mass is 79.9. The van der Waals surface area contributed by atoms with Gasteiger partial charge < -0.3 is 5.32 Å². The summed E-state index contributed by atoms with van der Waals surface area (Å²) in [5.74, 6) is 0.0460. The molecule has 4 nitrogen and oxygen atoms in total. The molecule has 0 amide bonds. The SMILES string of the molecule is CS(=O)(=O)CCNc1cc(Br)ccc1C#N. The fourth-order valence-corrected chi connectivity index (χ4v) is 1.97. The van der Waals surface area contributed by atoms with Crippen LogP contribution < -0.4 is 5.32 Å². The maximum absolute atomic E-state index is 10.9. The van der Waals surface area contributed by atoms with E-state index < -0.39 is 9.84 Å². The van der Waals surface area contributed by atoms with E-state index in [4.69, 9.17) is 5.26 Å². The van der Waals surface area contributed by atoms with Gasteiger partial charge in [0, 0.05) is 17.3 Å². The number of halogens is 1. The van der Waals surface area contributed by atoms with Gasteiger partial charge in [0.15, 0.2) is 0 Å². The molecule has 0 spiro atoms. The number of nitrogens with zero attached hydrogens (tertiary/aromatic N) is 1. The van der Waals surface area contributed by atoms with Gasteiger partial charge in [0.05, 0.1) is 17.0 Å². The first-order valence-electron chi connectivity index (χ1n) is 4.53. The maximum Gasteiger partial charge on any atom is 0.149 e. The lowest BCUT2D eigenvalue weighted by Gasteiger charge is -2.07. The van der Waals surface area contributed by atoms with Crippen molar-refractivity contribution in [1.82, 2.24) is 0 Å². The third kappa shape index (κ3) is 4.21. The second-order valence-corrected chi connectivity index (χ2v) is 6.53. The van der Waals surface area contributed by atoms with Crippen LogP contribution in [0.3, 0.4) is 0 Å². The average molecular weight is 303 g/mol. The summed E-state index contributed by atoms with van der Waals surface area (Å²) in [6.07, 6.45) is 1.18. The van der Waals surface area contributed by atoms with Gasteiger partial charge in [-0.25, -0.2) is 8.42 Å². The van der Waals surface area contributed by atoms with E-state index in [1.54, 1.807) is 18.2 Å². The summed E-state index contributed by atoms with van der Waals surface area (Å²) in [5, 5.41) is 11.8. The highest BCUT2D eigenvalue weighted by Crippen LogP contribution is 2.20. The van der Waals surface area contributed by atoms with Crippen LogP contribution in [0, 0.1) is 11.3 Å². The summed E-state index contributed by atoms with van der Waals surface area (Å²) in [5.41, 5.74) is 1.14. The van der Waals surface area contributed by atoms with Crippen LogP contribution >= 0.6 is 15.9 Å². The van der Waals surface area contributed by atoms with Crippen molar-refractivity contribution in [3.05, 3.63) is 28.2 Å². The highest BCUT2D eigenvalue weighted by Gasteiger charge is 2.04. The van der Waals surface area contributed by atoms with Crippen LogP contribution in [-0.4, -0.2) is 27.0 Å². The third-order valence-electron chi connectivity index (χ3n) is 1.89. The molecular formula is C10H11BrN2O2S. The Labute approximate surface area is 103 Å². The Morgan fingerprint density at radius 1 is 1.50 bits per heavy atom. The largest absolute Gasteiger partial charge is 0.383 e. The first-order valence-corrected chi connectivity index (χ1v) is 7.39. The van der Waals surface area contributed by atoms with Gasteiger partial charge >= 0.3 is 0 Å². The van der Waals surface area contributed by atoms with E-state index in [0.717, 1.165) is 4.47 Å². The number of anilines is 1. The number of hydrogen-bond acceptors (Lipinski definition) is 4. The summed E-state index contributed by atoms with van der Waals surface area (Å²) < 4.78 is 22.7. The van der Waals surface area contributed by atoms with Gasteiger partial charge in [-0.15, -0.1) is 0 Å². The van der Waals surface area contributed by atoms with Gasteiger partial charge in [0.2, 0.25) is 0 Å². The molecule has 86 valence electrons. The van der Waals surface area contributed by atoms with Crippen molar-refractivity contribution >= 4 is 31.5 Å². The van der Waals surface area contributed by atoms with Crippen LogP contribution in [0.25, 0.3) is 0 Å². The monoisotopic (exact) mass is 302 g/mol. The predicted molar refractivity (Wildman–Crippen MR) is 67.1 cm³/mol. The molecule has 1 rings (SSSR count). The lowest BCUT2D eigenvalue weighted by atomic mass is 10.2. The predicted octanol–water partition coefficient (Wildman–Crippen LogP) is 1.78. The standard InChI is InChI=1S/C10H11BrN2O2S/c1-16(14,15)5-4-13-10-6-9(11)3-2-8(10)7-12/h2-3,6,13H,4-5H2,1H3. The Hall–Kier alpha value is -1.06. The molecule has 0 aliphatic heterocycles. The number of hydrogen-bond donors (Lipinski definition) is 1. The normalized spacial score (nSPS) is 10.8. The van der Waals surface area contributed by atoms with E-state index in [0.29, 0.717) is 17.8 Å². The smallest absolute Gasteiger partial charge is 0.149 e. The molecule has 1 aromatic carbocycles. The minimum atomic E-state index is -2.98. The van der Waals surface area contributed by atoms with Crippen LogP contribution in [-0.2, 0) is 9.84 Å².